The van der Waals surface area contributed by atoms with Crippen LogP contribution in [0, 0.1) is 0 Å². The van der Waals surface area contributed by atoms with Gasteiger partial charge in [-0.3, -0.25) is 0 Å². The first-order valence-electron chi connectivity index (χ1n) is 25.7. The van der Waals surface area contributed by atoms with E-state index in [2.05, 4.69) is 216 Å². The minimum absolute atomic E-state index is 0.0800. The predicted molar refractivity (Wildman–Crippen MR) is 299 cm³/mol. The van der Waals surface area contributed by atoms with E-state index in [0.717, 1.165) is 101 Å². The summed E-state index contributed by atoms with van der Waals surface area (Å²) in [5, 5.41) is 9.11. The molecule has 0 bridgehead atoms. The number of furan rings is 4. The van der Waals surface area contributed by atoms with Crippen LogP contribution in [-0.4, -0.2) is 0 Å². The average molecular weight is 941 g/mol. The Balaban J connectivity index is 0.952. The van der Waals surface area contributed by atoms with E-state index >= 15 is 0 Å². The zero-order valence-electron chi connectivity index (χ0n) is 41.0. The number of rotatable bonds is 6. The summed E-state index contributed by atoms with van der Waals surface area (Å²) in [6.07, 6.45) is 1.55. The fourth-order valence-electron chi connectivity index (χ4n) is 13.7. The minimum atomic E-state index is -0.338. The first-order chi connectivity index (χ1) is 35.7. The van der Waals surface area contributed by atoms with Crippen LogP contribution in [0.4, 0.5) is 0 Å². The monoisotopic (exact) mass is 940 g/mol. The maximum absolute atomic E-state index is 7.30. The molecule has 0 saturated carbocycles. The van der Waals surface area contributed by atoms with E-state index in [1.807, 2.05) is 0 Å². The molecule has 16 rings (SSSR count). The lowest BCUT2D eigenvalue weighted by Gasteiger charge is -2.26. The summed E-state index contributed by atoms with van der Waals surface area (Å²) in [6, 6.07) is 68.2. The fourth-order valence-corrected chi connectivity index (χ4v) is 13.7. The Hall–Kier alpha value is -8.60. The maximum atomic E-state index is 7.30. The van der Waals surface area contributed by atoms with Crippen molar-refractivity contribution in [3.8, 4) is 33.4 Å². The van der Waals surface area contributed by atoms with Crippen LogP contribution in [0.2, 0.25) is 0 Å². The molecule has 0 spiro atoms. The summed E-state index contributed by atoms with van der Waals surface area (Å²) < 4.78 is 28.2. The van der Waals surface area contributed by atoms with Gasteiger partial charge in [-0.05, 0) is 87.7 Å². The highest BCUT2D eigenvalue weighted by Gasteiger charge is 2.43. The smallest absolute Gasteiger partial charge is 0.143 e. The summed E-state index contributed by atoms with van der Waals surface area (Å²) >= 11 is 0. The number of hydrogen-bond acceptors (Lipinski definition) is 4. The lowest BCUT2D eigenvalue weighted by molar-refractivity contribution is 0.629. The van der Waals surface area contributed by atoms with Crippen LogP contribution in [0.3, 0.4) is 0 Å². The Kier molecular flexibility index (Phi) is 8.17. The Labute approximate surface area is 421 Å². The van der Waals surface area contributed by atoms with E-state index in [-0.39, 0.29) is 16.7 Å². The van der Waals surface area contributed by atoms with Crippen LogP contribution in [0.25, 0.3) is 121 Å². The van der Waals surface area contributed by atoms with Gasteiger partial charge in [0, 0.05) is 87.7 Å². The van der Waals surface area contributed by atoms with Gasteiger partial charge in [-0.1, -0.05) is 185 Å². The third-order valence-electron chi connectivity index (χ3n) is 17.2. The minimum Gasteiger partial charge on any atom is -0.456 e. The zero-order chi connectivity index (χ0) is 48.5. The highest BCUT2D eigenvalue weighted by Crippen LogP contribution is 2.60. The van der Waals surface area contributed by atoms with Gasteiger partial charge in [0.15, 0.2) is 0 Å². The molecule has 0 fully saturated rings. The SMILES string of the molecule is CC1(C)c2ccc3c(oc4ccccc43)c2-c2c1cc(CCC(c1ccccc1-c1ccccc1)c1cc3c(c4c1oc1ccccc14)-c1c(ccc4c1oc1ccccc14)C3(C)C)c1oc3ccccc3c21. The Morgan fingerprint density at radius 3 is 1.40 bits per heavy atom. The summed E-state index contributed by atoms with van der Waals surface area (Å²) in [5.74, 6) is -0.0800. The molecule has 0 radical (unpaired) electrons. The number of aryl methyl sites for hydroxylation is 1. The van der Waals surface area contributed by atoms with E-state index in [1.165, 1.54) is 72.3 Å². The number of fused-ring (bicyclic) bond motifs is 22. The molecule has 0 aliphatic heterocycles. The van der Waals surface area contributed by atoms with Gasteiger partial charge in [-0.2, -0.15) is 0 Å². The second-order valence-corrected chi connectivity index (χ2v) is 21.7. The van der Waals surface area contributed by atoms with Crippen molar-refractivity contribution in [1.29, 1.82) is 0 Å². The van der Waals surface area contributed by atoms with Crippen LogP contribution in [-0.2, 0) is 17.3 Å². The number of hydrogen-bond donors (Lipinski definition) is 0. The second-order valence-electron chi connectivity index (χ2n) is 21.7. The molecule has 1 unspecified atom stereocenters. The molecule has 2 aliphatic carbocycles. The molecule has 348 valence electrons. The van der Waals surface area contributed by atoms with Gasteiger partial charge in [0.2, 0.25) is 0 Å². The zero-order valence-corrected chi connectivity index (χ0v) is 41.0. The average Bonchev–Trinajstić information content (AvgIpc) is 4.32. The molecule has 4 aromatic heterocycles. The van der Waals surface area contributed by atoms with Gasteiger partial charge >= 0.3 is 0 Å². The molecule has 1 atom stereocenters. The third kappa shape index (κ3) is 5.45. The van der Waals surface area contributed by atoms with Crippen LogP contribution in [0.5, 0.6) is 0 Å². The van der Waals surface area contributed by atoms with Crippen molar-refractivity contribution in [3.05, 3.63) is 227 Å². The van der Waals surface area contributed by atoms with Crippen molar-refractivity contribution in [2.45, 2.75) is 57.3 Å². The van der Waals surface area contributed by atoms with Crippen molar-refractivity contribution in [1.82, 2.24) is 0 Å². The lowest BCUT2D eigenvalue weighted by atomic mass is 9.77. The largest absolute Gasteiger partial charge is 0.456 e. The van der Waals surface area contributed by atoms with E-state index in [9.17, 15) is 0 Å². The van der Waals surface area contributed by atoms with Gasteiger partial charge in [0.25, 0.3) is 0 Å². The van der Waals surface area contributed by atoms with Crippen molar-refractivity contribution in [2.24, 2.45) is 0 Å². The molecule has 0 amide bonds. The van der Waals surface area contributed by atoms with Gasteiger partial charge in [0.1, 0.15) is 44.7 Å². The molecular weight excluding hydrogens is 893 g/mol. The fraction of sp³-hybridized carbons (Fsp3) is 0.130. The highest BCUT2D eigenvalue weighted by molar-refractivity contribution is 6.22. The van der Waals surface area contributed by atoms with Gasteiger partial charge in [-0.15, -0.1) is 0 Å². The molecular formula is C69H48O4. The molecule has 4 heterocycles. The predicted octanol–water partition coefficient (Wildman–Crippen LogP) is 19.3. The highest BCUT2D eigenvalue weighted by atomic mass is 16.3. The summed E-state index contributed by atoms with van der Waals surface area (Å²) in [6.45, 7) is 9.53. The van der Waals surface area contributed by atoms with Crippen LogP contribution >= 0.6 is 0 Å². The molecule has 0 saturated heterocycles. The van der Waals surface area contributed by atoms with E-state index in [0.29, 0.717) is 0 Å². The van der Waals surface area contributed by atoms with E-state index < -0.39 is 0 Å². The van der Waals surface area contributed by atoms with Gasteiger partial charge < -0.3 is 17.7 Å². The molecule has 4 heteroatoms. The second kappa shape index (κ2) is 14.5. The number of para-hydroxylation sites is 4. The molecule has 10 aromatic carbocycles. The maximum Gasteiger partial charge on any atom is 0.143 e. The van der Waals surface area contributed by atoms with E-state index in [1.54, 1.807) is 0 Å². The Bertz CT molecular complexity index is 4680. The van der Waals surface area contributed by atoms with Gasteiger partial charge in [-0.25, -0.2) is 0 Å². The Morgan fingerprint density at radius 1 is 0.356 bits per heavy atom. The first kappa shape index (κ1) is 41.1. The lowest BCUT2D eigenvalue weighted by Crippen LogP contribution is -2.16. The first-order valence-corrected chi connectivity index (χ1v) is 25.7. The summed E-state index contributed by atoms with van der Waals surface area (Å²) in [7, 11) is 0. The van der Waals surface area contributed by atoms with Crippen molar-refractivity contribution >= 4 is 87.8 Å². The molecule has 0 N–H and O–H groups in total. The number of benzene rings is 10. The van der Waals surface area contributed by atoms with E-state index in [4.69, 9.17) is 17.7 Å². The molecule has 2 aliphatic rings. The quantitative estimate of drug-likeness (QED) is 0.167. The van der Waals surface area contributed by atoms with Crippen molar-refractivity contribution in [3.63, 3.8) is 0 Å². The molecule has 4 nitrogen and oxygen atoms in total. The van der Waals surface area contributed by atoms with Crippen molar-refractivity contribution in [2.75, 3.05) is 0 Å². The third-order valence-corrected chi connectivity index (χ3v) is 17.2. The topological polar surface area (TPSA) is 52.6 Å². The normalized spacial score (nSPS) is 14.8. The summed E-state index contributed by atoms with van der Waals surface area (Å²) in [5.41, 5.74) is 22.7. The van der Waals surface area contributed by atoms with Crippen LogP contribution in [0.15, 0.2) is 206 Å². The summed E-state index contributed by atoms with van der Waals surface area (Å²) in [4.78, 5) is 0. The molecule has 73 heavy (non-hydrogen) atoms. The van der Waals surface area contributed by atoms with Crippen molar-refractivity contribution < 1.29 is 17.7 Å². The Morgan fingerprint density at radius 2 is 0.808 bits per heavy atom. The molecule has 14 aromatic rings. The van der Waals surface area contributed by atoms with Crippen LogP contribution < -0.4 is 0 Å². The standard InChI is InChI=1S/C69H48O4/c1-68(2)50-34-32-45-43-22-10-14-26-54(43)71-65(45)62(50)60-52(68)36-39(64-58(60)47-24-12-16-28-56(47)70-64)30-31-42(41-21-9-8-20-40(41)38-18-6-5-7-19-38)49-37-53-61(59-48-25-13-17-29-57(48)73-67(49)59)63-51(69(53,3)4)35-33-46-44-23-11-15-27-55(44)72-66(46)63/h5-29,32-37,42H,30-31H2,1-4H3. The van der Waals surface area contributed by atoms with Crippen LogP contribution in [0.1, 0.15) is 79.0 Å². The van der Waals surface area contributed by atoms with Gasteiger partial charge in [0.05, 0.1) is 0 Å².